The van der Waals surface area contributed by atoms with Gasteiger partial charge in [-0.15, -0.1) is 23.8 Å². The minimum atomic E-state index is -2.80. The number of imidazole rings is 1. The van der Waals surface area contributed by atoms with E-state index in [2.05, 4.69) is 72.8 Å². The van der Waals surface area contributed by atoms with Crippen LogP contribution in [0.4, 0.5) is 0 Å². The molecule has 1 N–H and O–H groups in total. The van der Waals surface area contributed by atoms with Crippen molar-refractivity contribution in [3.63, 3.8) is 0 Å². The zero-order chi connectivity index (χ0) is 47.3. The van der Waals surface area contributed by atoms with Gasteiger partial charge in [-0.25, -0.2) is 4.98 Å². The van der Waals surface area contributed by atoms with E-state index in [0.29, 0.717) is 39.2 Å². The molecule has 10 aromatic rings. The summed E-state index contributed by atoms with van der Waals surface area (Å²) in [5, 5.41) is 11.8. The summed E-state index contributed by atoms with van der Waals surface area (Å²) < 4.78 is 53.7. The van der Waals surface area contributed by atoms with Gasteiger partial charge in [-0.05, 0) is 119 Å². The van der Waals surface area contributed by atoms with Crippen LogP contribution >= 0.6 is 0 Å². The number of hydrogen-bond acceptors (Lipinski definition) is 3. The van der Waals surface area contributed by atoms with Gasteiger partial charge < -0.3 is 5.11 Å². The quantitative estimate of drug-likeness (QED) is 0.154. The Morgan fingerprint density at radius 2 is 1.16 bits per heavy atom. The van der Waals surface area contributed by atoms with E-state index in [1.54, 1.807) is 30.3 Å². The average molecular weight is 1000 g/mol. The van der Waals surface area contributed by atoms with E-state index in [-0.39, 0.29) is 43.5 Å². The molecular weight excluding hydrogens is 950 g/mol. The second kappa shape index (κ2) is 17.3. The standard InChI is InChI=1S/C58H44N3O.Pt/c1-37-29-39(3)57(62)53(30-37)58-60-56-51(21-14-22-55(56)61(58)50-31-38(2)40(4)52(36-50)45-19-12-7-13-20-45)48-32-47(42-17-10-6-11-18-42)33-49(34-48)54-35-46(27-28-59-54)44-25-23-43(24-26-44)41-15-8-5-9-16-41;/h5-33,35-36,62H,1-4H3;/q-1;/i2D3,4D3;. The Balaban J connectivity index is 0.00000593. The maximum absolute atomic E-state index is 11.8. The van der Waals surface area contributed by atoms with Gasteiger partial charge >= 0.3 is 0 Å². The molecule has 0 aliphatic rings. The molecule has 0 saturated carbocycles. The molecule has 308 valence electrons. The molecule has 2 heterocycles. The van der Waals surface area contributed by atoms with E-state index in [1.807, 2.05) is 103 Å². The number of nitrogens with zero attached hydrogens (tertiary/aromatic N) is 3. The Hall–Kier alpha value is -7.13. The summed E-state index contributed by atoms with van der Waals surface area (Å²) in [5.41, 5.74) is 13.0. The van der Waals surface area contributed by atoms with Crippen LogP contribution in [0.2, 0.25) is 0 Å². The van der Waals surface area contributed by atoms with Crippen molar-refractivity contribution >= 4 is 11.0 Å². The van der Waals surface area contributed by atoms with Crippen LogP contribution in [-0.2, 0) is 21.1 Å². The summed E-state index contributed by atoms with van der Waals surface area (Å²) in [7, 11) is 0. The van der Waals surface area contributed by atoms with E-state index in [1.165, 1.54) is 6.07 Å². The predicted octanol–water partition coefficient (Wildman–Crippen LogP) is 14.8. The van der Waals surface area contributed by atoms with E-state index >= 15 is 0 Å². The van der Waals surface area contributed by atoms with Gasteiger partial charge in [0, 0.05) is 46.9 Å². The first kappa shape index (κ1) is 34.5. The average Bonchev–Trinajstić information content (AvgIpc) is 3.75. The molecule has 63 heavy (non-hydrogen) atoms. The van der Waals surface area contributed by atoms with Crippen molar-refractivity contribution in [1.82, 2.24) is 14.5 Å². The van der Waals surface area contributed by atoms with Crippen LogP contribution in [0, 0.1) is 33.6 Å². The smallest absolute Gasteiger partial charge is 0.148 e. The number of phenolic OH excluding ortho intramolecular Hbond substituents is 1. The number of pyridine rings is 1. The predicted molar refractivity (Wildman–Crippen MR) is 256 cm³/mol. The molecule has 0 unspecified atom stereocenters. The van der Waals surface area contributed by atoms with Gasteiger partial charge in [-0.2, -0.15) is 0 Å². The molecule has 5 heteroatoms. The summed E-state index contributed by atoms with van der Waals surface area (Å²) in [6, 6.07) is 62.5. The minimum absolute atomic E-state index is 0. The third-order valence-corrected chi connectivity index (χ3v) is 11.5. The number of benzene rings is 8. The first-order valence-electron chi connectivity index (χ1n) is 23.5. The minimum Gasteiger partial charge on any atom is -0.507 e. The van der Waals surface area contributed by atoms with Crippen molar-refractivity contribution < 1.29 is 34.4 Å². The van der Waals surface area contributed by atoms with Crippen LogP contribution in [-0.4, -0.2) is 19.6 Å². The Labute approximate surface area is 392 Å². The number of aromatic nitrogens is 3. The van der Waals surface area contributed by atoms with Crippen LogP contribution in [0.15, 0.2) is 188 Å². The van der Waals surface area contributed by atoms with Gasteiger partial charge in [0.1, 0.15) is 11.6 Å². The summed E-state index contributed by atoms with van der Waals surface area (Å²) in [4.78, 5) is 10.2. The summed E-state index contributed by atoms with van der Waals surface area (Å²) in [6.07, 6.45) is 1.82. The molecule has 10 rings (SSSR count). The van der Waals surface area contributed by atoms with Crippen molar-refractivity contribution in [3.8, 4) is 89.7 Å². The van der Waals surface area contributed by atoms with Gasteiger partial charge in [0.15, 0.2) is 0 Å². The maximum Gasteiger partial charge on any atom is 0.148 e. The normalized spacial score (nSPS) is 12.9. The number of para-hydroxylation sites is 1. The van der Waals surface area contributed by atoms with Crippen LogP contribution in [0.25, 0.3) is 95.0 Å². The van der Waals surface area contributed by atoms with E-state index in [0.717, 1.165) is 61.3 Å². The van der Waals surface area contributed by atoms with Crippen LogP contribution in [0.5, 0.6) is 5.75 Å². The molecule has 0 amide bonds. The number of rotatable bonds is 8. The number of hydrogen-bond donors (Lipinski definition) is 1. The Kier molecular flexibility index (Phi) is 9.47. The van der Waals surface area contributed by atoms with Gasteiger partial charge in [0.25, 0.3) is 0 Å². The van der Waals surface area contributed by atoms with E-state index < -0.39 is 13.7 Å². The fourth-order valence-corrected chi connectivity index (χ4v) is 8.38. The second-order valence-electron chi connectivity index (χ2n) is 15.6. The molecule has 0 spiro atoms. The van der Waals surface area contributed by atoms with Crippen molar-refractivity contribution in [2.75, 3.05) is 0 Å². The zero-order valence-corrected chi connectivity index (χ0v) is 36.8. The molecule has 0 fully saturated rings. The molecule has 0 radical (unpaired) electrons. The van der Waals surface area contributed by atoms with E-state index in [4.69, 9.17) is 18.2 Å². The van der Waals surface area contributed by atoms with Gasteiger partial charge in [-0.1, -0.05) is 156 Å². The molecule has 0 aliphatic heterocycles. The Morgan fingerprint density at radius 1 is 0.524 bits per heavy atom. The van der Waals surface area contributed by atoms with Gasteiger partial charge in [0.05, 0.1) is 16.6 Å². The summed E-state index contributed by atoms with van der Waals surface area (Å²) in [5.74, 6) is 0.369. The number of fused-ring (bicyclic) bond motifs is 1. The second-order valence-corrected chi connectivity index (χ2v) is 15.6. The fourth-order valence-electron chi connectivity index (χ4n) is 8.38. The number of aryl methyl sites for hydroxylation is 3. The Bertz CT molecular complexity index is 3500. The molecule has 4 nitrogen and oxygen atoms in total. The van der Waals surface area contributed by atoms with Crippen LogP contribution in [0.3, 0.4) is 0 Å². The van der Waals surface area contributed by atoms with Crippen molar-refractivity contribution in [2.24, 2.45) is 0 Å². The molecule has 0 saturated heterocycles. The topological polar surface area (TPSA) is 50.9 Å². The van der Waals surface area contributed by atoms with Crippen LogP contribution < -0.4 is 0 Å². The van der Waals surface area contributed by atoms with E-state index in [9.17, 15) is 5.11 Å². The van der Waals surface area contributed by atoms with Crippen molar-refractivity contribution in [1.29, 1.82) is 0 Å². The summed E-state index contributed by atoms with van der Waals surface area (Å²) in [6.45, 7) is -1.80. The maximum atomic E-state index is 11.8. The first-order chi connectivity index (χ1) is 32.7. The third-order valence-electron chi connectivity index (χ3n) is 11.5. The largest absolute Gasteiger partial charge is 0.507 e. The molecule has 2 aromatic heterocycles. The third kappa shape index (κ3) is 7.95. The zero-order valence-electron chi connectivity index (χ0n) is 40.5. The van der Waals surface area contributed by atoms with Crippen LogP contribution in [0.1, 0.15) is 30.5 Å². The van der Waals surface area contributed by atoms with Gasteiger partial charge in [0.2, 0.25) is 0 Å². The van der Waals surface area contributed by atoms with Gasteiger partial charge in [-0.3, -0.25) is 9.55 Å². The molecular formula is C58H44N3OPt-. The molecule has 0 atom stereocenters. The SMILES string of the molecule is [2H]C([2H])([2H])c1cc(-n2c(-c3cc(C)cc(C)c3O)nc3c(-c4[c-]c(-c5cc(-c6ccc(-c7ccccc7)cc6)ccn5)cc(-c5ccccc5)c4)cccc32)cc(-c2ccccc2)c1C([2H])([2H])[2H].[Pt]. The number of aromatic hydroxyl groups is 1. The fraction of sp³-hybridized carbons (Fsp3) is 0.0690. The molecule has 0 aliphatic carbocycles. The first-order valence-corrected chi connectivity index (χ1v) is 20.5. The monoisotopic (exact) mass is 999 g/mol. The van der Waals surface area contributed by atoms with Crippen molar-refractivity contribution in [2.45, 2.75) is 27.6 Å². The Morgan fingerprint density at radius 3 is 1.84 bits per heavy atom. The summed E-state index contributed by atoms with van der Waals surface area (Å²) >= 11 is 0. The number of phenols is 1. The van der Waals surface area contributed by atoms with Crippen molar-refractivity contribution in [3.05, 3.63) is 217 Å². The molecule has 0 bridgehead atoms. The molecule has 8 aromatic carbocycles.